The van der Waals surface area contributed by atoms with E-state index in [1.165, 1.54) is 24.3 Å². The summed E-state index contributed by atoms with van der Waals surface area (Å²) in [4.78, 5) is 19.3. The van der Waals surface area contributed by atoms with E-state index < -0.39 is 0 Å². The summed E-state index contributed by atoms with van der Waals surface area (Å²) < 4.78 is 24.0. The molecule has 0 radical (unpaired) electrons. The molecule has 28 heavy (non-hydrogen) atoms. The molecule has 1 aliphatic heterocycles. The van der Waals surface area contributed by atoms with E-state index in [0.717, 1.165) is 23.9 Å². The van der Waals surface area contributed by atoms with Crippen LogP contribution in [0.3, 0.4) is 0 Å². The van der Waals surface area contributed by atoms with Gasteiger partial charge in [-0.3, -0.25) is 9.79 Å². The van der Waals surface area contributed by atoms with Crippen molar-refractivity contribution >= 4 is 45.4 Å². The average Bonchev–Trinajstić information content (AvgIpc) is 2.72. The SMILES string of the molecule is Br.COc1ccc(OC)c(N(CC(=O)c2ccc(F)cc2)C2=NCCCS2)c1. The third-order valence-electron chi connectivity index (χ3n) is 4.16. The Kier molecular flexibility index (Phi) is 8.32. The number of ether oxygens (including phenoxy) is 2. The van der Waals surface area contributed by atoms with Gasteiger partial charge in [-0.05, 0) is 42.8 Å². The summed E-state index contributed by atoms with van der Waals surface area (Å²) in [6.45, 7) is 0.789. The molecule has 0 aromatic heterocycles. The van der Waals surface area contributed by atoms with Crippen molar-refractivity contribution in [2.75, 3.05) is 38.0 Å². The predicted molar refractivity (Wildman–Crippen MR) is 117 cm³/mol. The lowest BCUT2D eigenvalue weighted by atomic mass is 10.1. The van der Waals surface area contributed by atoms with E-state index in [1.807, 2.05) is 11.0 Å². The zero-order valence-electron chi connectivity index (χ0n) is 15.7. The fraction of sp³-hybridized carbons (Fsp3) is 0.300. The van der Waals surface area contributed by atoms with Crippen LogP contribution in [0.1, 0.15) is 16.8 Å². The molecule has 1 heterocycles. The van der Waals surface area contributed by atoms with Crippen molar-refractivity contribution in [3.8, 4) is 11.5 Å². The molecule has 0 N–H and O–H groups in total. The van der Waals surface area contributed by atoms with Gasteiger partial charge in [-0.25, -0.2) is 4.39 Å². The van der Waals surface area contributed by atoms with Gasteiger partial charge >= 0.3 is 0 Å². The molecule has 0 aliphatic carbocycles. The van der Waals surface area contributed by atoms with E-state index in [0.29, 0.717) is 22.7 Å². The molecule has 0 spiro atoms. The number of hydrogen-bond acceptors (Lipinski definition) is 6. The molecular weight excluding hydrogens is 447 g/mol. The lowest BCUT2D eigenvalue weighted by molar-refractivity contribution is 0.100. The van der Waals surface area contributed by atoms with Gasteiger partial charge < -0.3 is 14.4 Å². The fourth-order valence-corrected chi connectivity index (χ4v) is 3.70. The molecule has 150 valence electrons. The minimum absolute atomic E-state index is 0. The Hall–Kier alpha value is -2.06. The smallest absolute Gasteiger partial charge is 0.182 e. The topological polar surface area (TPSA) is 51.1 Å². The summed E-state index contributed by atoms with van der Waals surface area (Å²) >= 11 is 1.61. The zero-order valence-corrected chi connectivity index (χ0v) is 18.2. The molecule has 0 fully saturated rings. The van der Waals surface area contributed by atoms with E-state index in [-0.39, 0.29) is 35.1 Å². The van der Waals surface area contributed by atoms with Crippen LogP contribution in [0.5, 0.6) is 11.5 Å². The predicted octanol–water partition coefficient (Wildman–Crippen LogP) is 4.60. The van der Waals surface area contributed by atoms with Gasteiger partial charge in [-0.15, -0.1) is 17.0 Å². The average molecular weight is 469 g/mol. The van der Waals surface area contributed by atoms with Crippen molar-refractivity contribution in [1.82, 2.24) is 0 Å². The van der Waals surface area contributed by atoms with Gasteiger partial charge in [0.25, 0.3) is 0 Å². The highest BCUT2D eigenvalue weighted by Gasteiger charge is 2.24. The first-order valence-corrected chi connectivity index (χ1v) is 9.56. The molecule has 0 atom stereocenters. The Morgan fingerprint density at radius 1 is 1.18 bits per heavy atom. The highest BCUT2D eigenvalue weighted by atomic mass is 79.9. The van der Waals surface area contributed by atoms with E-state index in [2.05, 4.69) is 4.99 Å². The van der Waals surface area contributed by atoms with Crippen molar-refractivity contribution < 1.29 is 18.7 Å². The van der Waals surface area contributed by atoms with Crippen LogP contribution in [0.4, 0.5) is 10.1 Å². The molecule has 0 saturated heterocycles. The highest BCUT2D eigenvalue weighted by Crippen LogP contribution is 2.35. The normalized spacial score (nSPS) is 13.2. The van der Waals surface area contributed by atoms with Crippen molar-refractivity contribution in [3.05, 3.63) is 53.8 Å². The maximum absolute atomic E-state index is 13.2. The second-order valence-electron chi connectivity index (χ2n) is 5.92. The summed E-state index contributed by atoms with van der Waals surface area (Å²) in [6.07, 6.45) is 1.00. The number of anilines is 1. The Balaban J connectivity index is 0.00000280. The Labute approximate surface area is 178 Å². The van der Waals surface area contributed by atoms with Crippen molar-refractivity contribution in [2.45, 2.75) is 6.42 Å². The Morgan fingerprint density at radius 3 is 2.54 bits per heavy atom. The minimum Gasteiger partial charge on any atom is -0.497 e. The molecule has 0 unspecified atom stereocenters. The number of halogens is 2. The first-order valence-electron chi connectivity index (χ1n) is 8.58. The molecule has 0 amide bonds. The number of thioether (sulfide) groups is 1. The van der Waals surface area contributed by atoms with Crippen LogP contribution in [0, 0.1) is 5.82 Å². The summed E-state index contributed by atoms with van der Waals surface area (Å²) in [5, 5.41) is 0.767. The van der Waals surface area contributed by atoms with Crippen LogP contribution in [-0.4, -0.2) is 44.0 Å². The van der Waals surface area contributed by atoms with Gasteiger partial charge in [0.15, 0.2) is 11.0 Å². The second-order valence-corrected chi connectivity index (χ2v) is 6.98. The minimum atomic E-state index is -0.370. The first-order chi connectivity index (χ1) is 13.1. The van der Waals surface area contributed by atoms with Crippen LogP contribution in [0.15, 0.2) is 47.5 Å². The molecule has 2 aromatic rings. The molecule has 1 aliphatic rings. The molecule has 8 heteroatoms. The number of ketones is 1. The fourth-order valence-electron chi connectivity index (χ4n) is 2.75. The third kappa shape index (κ3) is 5.26. The van der Waals surface area contributed by atoms with Gasteiger partial charge in [-0.2, -0.15) is 0 Å². The number of methoxy groups -OCH3 is 2. The Morgan fingerprint density at radius 2 is 1.93 bits per heavy atom. The van der Waals surface area contributed by atoms with Crippen LogP contribution < -0.4 is 14.4 Å². The largest absolute Gasteiger partial charge is 0.497 e. The van der Waals surface area contributed by atoms with Crippen LogP contribution in [0.2, 0.25) is 0 Å². The number of carbonyl (C=O) groups excluding carboxylic acids is 1. The molecule has 0 bridgehead atoms. The number of Topliss-reactive ketones (excluding diaryl/α,β-unsaturated/α-hetero) is 1. The lowest BCUT2D eigenvalue weighted by Gasteiger charge is -2.28. The maximum Gasteiger partial charge on any atom is 0.182 e. The van der Waals surface area contributed by atoms with Crippen LogP contribution in [-0.2, 0) is 0 Å². The monoisotopic (exact) mass is 468 g/mol. The van der Waals surface area contributed by atoms with Crippen molar-refractivity contribution in [2.24, 2.45) is 4.99 Å². The van der Waals surface area contributed by atoms with E-state index in [4.69, 9.17) is 9.47 Å². The van der Waals surface area contributed by atoms with E-state index in [1.54, 1.807) is 38.1 Å². The summed E-state index contributed by atoms with van der Waals surface area (Å²) in [6, 6.07) is 11.0. The maximum atomic E-state index is 13.2. The summed E-state index contributed by atoms with van der Waals surface area (Å²) in [7, 11) is 3.17. The zero-order chi connectivity index (χ0) is 19.2. The van der Waals surface area contributed by atoms with Gasteiger partial charge in [0, 0.05) is 23.9 Å². The molecule has 2 aromatic carbocycles. The van der Waals surface area contributed by atoms with Gasteiger partial charge in [0.05, 0.1) is 26.5 Å². The van der Waals surface area contributed by atoms with Crippen molar-refractivity contribution in [3.63, 3.8) is 0 Å². The van der Waals surface area contributed by atoms with Crippen LogP contribution in [0.25, 0.3) is 0 Å². The van der Waals surface area contributed by atoms with Gasteiger partial charge in [0.2, 0.25) is 0 Å². The number of carbonyl (C=O) groups is 1. The number of amidine groups is 1. The number of rotatable bonds is 6. The molecular formula is C20H22BrFN2O3S. The van der Waals surface area contributed by atoms with Gasteiger partial charge in [0.1, 0.15) is 17.3 Å². The van der Waals surface area contributed by atoms with Gasteiger partial charge in [-0.1, -0.05) is 11.8 Å². The number of benzene rings is 2. The molecule has 3 rings (SSSR count). The standard InChI is InChI=1S/C20H21FN2O3S.BrH/c1-25-16-8-9-19(26-2)17(12-16)23(20-22-10-3-11-27-20)13-18(24)14-4-6-15(21)7-5-14;/h4-9,12H,3,10-11,13H2,1-2H3;1H. The van der Waals surface area contributed by atoms with E-state index >= 15 is 0 Å². The molecule has 0 saturated carbocycles. The van der Waals surface area contributed by atoms with Crippen molar-refractivity contribution in [1.29, 1.82) is 0 Å². The summed E-state index contributed by atoms with van der Waals surface area (Å²) in [5.74, 6) is 1.72. The third-order valence-corrected chi connectivity index (χ3v) is 5.26. The second kappa shape index (κ2) is 10.5. The number of nitrogens with zero attached hydrogens (tertiary/aromatic N) is 2. The molecule has 5 nitrogen and oxygen atoms in total. The summed E-state index contributed by atoms with van der Waals surface area (Å²) in [5.41, 5.74) is 1.16. The number of aliphatic imine (C=N–C) groups is 1. The Bertz CT molecular complexity index is 846. The number of hydrogen-bond donors (Lipinski definition) is 0. The highest BCUT2D eigenvalue weighted by molar-refractivity contribution is 8.93. The van der Waals surface area contributed by atoms with Crippen LogP contribution >= 0.6 is 28.7 Å². The van der Waals surface area contributed by atoms with E-state index in [9.17, 15) is 9.18 Å². The quantitative estimate of drug-likeness (QED) is 0.579. The first kappa shape index (κ1) is 22.2. The lowest BCUT2D eigenvalue weighted by Crippen LogP contribution is -2.36.